The topological polar surface area (TPSA) is 44.5 Å². The number of nitrogens with two attached hydrogens (primary N) is 1. The number of hydrogen-bond donors (Lipinski definition) is 1. The molecule has 0 aliphatic rings. The minimum atomic E-state index is 0.460. The van der Waals surface area contributed by atoms with E-state index in [1.807, 2.05) is 42.5 Å². The zero-order valence-corrected chi connectivity index (χ0v) is 12.7. The average molecular weight is 285 g/mol. The first-order valence-electron chi connectivity index (χ1n) is 7.37. The average Bonchev–Trinajstić information content (AvgIpc) is 2.49. The van der Waals surface area contributed by atoms with E-state index >= 15 is 0 Å². The van der Waals surface area contributed by atoms with E-state index in [1.165, 1.54) is 5.56 Å². The molecular weight excluding hydrogens is 262 g/mol. The second-order valence-electron chi connectivity index (χ2n) is 5.28. The first kappa shape index (κ1) is 15.2. The summed E-state index contributed by atoms with van der Waals surface area (Å²) >= 11 is 0. The van der Waals surface area contributed by atoms with Crippen LogP contribution in [0.3, 0.4) is 0 Å². The van der Waals surface area contributed by atoms with Crippen LogP contribution in [0, 0.1) is 0 Å². The molecule has 21 heavy (non-hydrogen) atoms. The fourth-order valence-corrected chi connectivity index (χ4v) is 2.12. The molecule has 0 saturated carbocycles. The normalized spacial score (nSPS) is 10.6. The summed E-state index contributed by atoms with van der Waals surface area (Å²) in [7, 11) is 0. The molecule has 3 nitrogen and oxygen atoms in total. The Morgan fingerprint density at radius 3 is 2.10 bits per heavy atom. The van der Waals surface area contributed by atoms with Crippen LogP contribution < -0.4 is 15.2 Å². The molecular formula is C18H23NO2. The lowest BCUT2D eigenvalue weighted by Crippen LogP contribution is -2.07. The Kier molecular flexibility index (Phi) is 5.50. The van der Waals surface area contributed by atoms with Crippen molar-refractivity contribution in [3.63, 3.8) is 0 Å². The highest BCUT2D eigenvalue weighted by Gasteiger charge is 2.06. The molecule has 2 aromatic rings. The Balaban J connectivity index is 1.77. The molecule has 112 valence electrons. The van der Waals surface area contributed by atoms with Crippen molar-refractivity contribution >= 4 is 5.69 Å². The van der Waals surface area contributed by atoms with Gasteiger partial charge >= 0.3 is 0 Å². The van der Waals surface area contributed by atoms with Gasteiger partial charge in [0.25, 0.3) is 0 Å². The zero-order valence-electron chi connectivity index (χ0n) is 12.7. The molecule has 0 unspecified atom stereocenters. The molecule has 0 aliphatic heterocycles. The molecule has 2 aromatic carbocycles. The van der Waals surface area contributed by atoms with E-state index < -0.39 is 0 Å². The van der Waals surface area contributed by atoms with Crippen molar-refractivity contribution in [3.8, 4) is 11.5 Å². The largest absolute Gasteiger partial charge is 0.493 e. The van der Waals surface area contributed by atoms with Crippen molar-refractivity contribution in [2.45, 2.75) is 26.2 Å². The van der Waals surface area contributed by atoms with Gasteiger partial charge in [-0.05, 0) is 29.7 Å². The van der Waals surface area contributed by atoms with E-state index in [2.05, 4.69) is 19.9 Å². The van der Waals surface area contributed by atoms with Crippen molar-refractivity contribution in [3.05, 3.63) is 54.1 Å². The highest BCUT2D eigenvalue weighted by atomic mass is 16.5. The Hall–Kier alpha value is -2.16. The molecule has 2 N–H and O–H groups in total. The lowest BCUT2D eigenvalue weighted by atomic mass is 10.0. The van der Waals surface area contributed by atoms with Gasteiger partial charge in [0, 0.05) is 6.42 Å². The van der Waals surface area contributed by atoms with Gasteiger partial charge < -0.3 is 15.2 Å². The minimum absolute atomic E-state index is 0.460. The van der Waals surface area contributed by atoms with Crippen LogP contribution in [0.2, 0.25) is 0 Å². The number of nitrogen functional groups attached to an aromatic ring is 1. The van der Waals surface area contributed by atoms with Crippen molar-refractivity contribution < 1.29 is 9.47 Å². The molecule has 0 fully saturated rings. The third-order valence-electron chi connectivity index (χ3n) is 3.26. The van der Waals surface area contributed by atoms with Gasteiger partial charge in [0.1, 0.15) is 11.5 Å². The first-order valence-corrected chi connectivity index (χ1v) is 7.37. The van der Waals surface area contributed by atoms with E-state index in [9.17, 15) is 0 Å². The first-order chi connectivity index (χ1) is 10.2. The number of benzene rings is 2. The summed E-state index contributed by atoms with van der Waals surface area (Å²) in [5.74, 6) is 2.16. The molecule has 0 amide bonds. The fraction of sp³-hybridized carbons (Fsp3) is 0.333. The van der Waals surface area contributed by atoms with Gasteiger partial charge in [-0.2, -0.15) is 0 Å². The van der Waals surface area contributed by atoms with Crippen molar-refractivity contribution in [2.24, 2.45) is 0 Å². The van der Waals surface area contributed by atoms with Gasteiger partial charge in [-0.15, -0.1) is 0 Å². The van der Waals surface area contributed by atoms with Crippen molar-refractivity contribution in [1.82, 2.24) is 0 Å². The van der Waals surface area contributed by atoms with Crippen LogP contribution in [0.25, 0.3) is 0 Å². The summed E-state index contributed by atoms with van der Waals surface area (Å²) in [4.78, 5) is 0. The summed E-state index contributed by atoms with van der Waals surface area (Å²) in [6.45, 7) is 5.57. The Morgan fingerprint density at radius 1 is 0.857 bits per heavy atom. The number of anilines is 1. The van der Waals surface area contributed by atoms with E-state index in [0.717, 1.165) is 17.9 Å². The van der Waals surface area contributed by atoms with E-state index in [4.69, 9.17) is 15.2 Å². The van der Waals surface area contributed by atoms with Crippen molar-refractivity contribution in [1.29, 1.82) is 0 Å². The smallest absolute Gasteiger partial charge is 0.142 e. The third kappa shape index (κ3) is 4.42. The Labute approximate surface area is 126 Å². The lowest BCUT2D eigenvalue weighted by molar-refractivity contribution is 0.246. The quantitative estimate of drug-likeness (QED) is 0.611. The maximum atomic E-state index is 5.86. The highest BCUT2D eigenvalue weighted by Crippen LogP contribution is 2.26. The van der Waals surface area contributed by atoms with E-state index in [-0.39, 0.29) is 0 Å². The number of hydrogen-bond acceptors (Lipinski definition) is 3. The van der Waals surface area contributed by atoms with Gasteiger partial charge in [0.15, 0.2) is 0 Å². The molecule has 0 bridgehead atoms. The summed E-state index contributed by atoms with van der Waals surface area (Å²) in [6, 6.07) is 15.7. The standard InChI is InChI=1S/C18H23NO2/c1-14(2)15-8-3-5-10-17(15)20-12-7-13-21-18-11-6-4-9-16(18)19/h3-6,8-11,14H,7,12-13,19H2,1-2H3. The second-order valence-corrected chi connectivity index (χ2v) is 5.28. The molecule has 0 aliphatic carbocycles. The monoisotopic (exact) mass is 285 g/mol. The molecule has 0 aromatic heterocycles. The Bertz CT molecular complexity index is 567. The SMILES string of the molecule is CC(C)c1ccccc1OCCCOc1ccccc1N. The fourth-order valence-electron chi connectivity index (χ4n) is 2.12. The molecule has 0 saturated heterocycles. The molecule has 0 atom stereocenters. The number of ether oxygens (including phenoxy) is 2. The van der Waals surface area contributed by atoms with Crippen LogP contribution in [-0.4, -0.2) is 13.2 Å². The minimum Gasteiger partial charge on any atom is -0.493 e. The predicted molar refractivity (Wildman–Crippen MR) is 87.0 cm³/mol. The van der Waals surface area contributed by atoms with E-state index in [1.54, 1.807) is 0 Å². The maximum absolute atomic E-state index is 5.86. The summed E-state index contributed by atoms with van der Waals surface area (Å²) in [5, 5.41) is 0. The molecule has 0 heterocycles. The molecule has 0 radical (unpaired) electrons. The second kappa shape index (κ2) is 7.58. The van der Waals surface area contributed by atoms with Gasteiger partial charge in [-0.25, -0.2) is 0 Å². The van der Waals surface area contributed by atoms with Crippen LogP contribution in [0.5, 0.6) is 11.5 Å². The highest BCUT2D eigenvalue weighted by molar-refractivity contribution is 5.51. The summed E-state index contributed by atoms with van der Waals surface area (Å²) in [5.41, 5.74) is 7.73. The van der Waals surface area contributed by atoms with Gasteiger partial charge in [0.2, 0.25) is 0 Å². The van der Waals surface area contributed by atoms with Crippen LogP contribution in [0.1, 0.15) is 31.7 Å². The van der Waals surface area contributed by atoms with Crippen LogP contribution >= 0.6 is 0 Å². The van der Waals surface area contributed by atoms with Gasteiger partial charge in [-0.1, -0.05) is 44.2 Å². The van der Waals surface area contributed by atoms with Crippen LogP contribution in [-0.2, 0) is 0 Å². The maximum Gasteiger partial charge on any atom is 0.142 e. The predicted octanol–water partition coefficient (Wildman–Crippen LogP) is 4.24. The third-order valence-corrected chi connectivity index (χ3v) is 3.26. The lowest BCUT2D eigenvalue weighted by Gasteiger charge is -2.14. The number of rotatable bonds is 7. The number of para-hydroxylation sites is 3. The van der Waals surface area contributed by atoms with Gasteiger partial charge in [0.05, 0.1) is 18.9 Å². The summed E-state index contributed by atoms with van der Waals surface area (Å²) < 4.78 is 11.5. The molecule has 3 heteroatoms. The van der Waals surface area contributed by atoms with Crippen LogP contribution in [0.4, 0.5) is 5.69 Å². The van der Waals surface area contributed by atoms with Crippen LogP contribution in [0.15, 0.2) is 48.5 Å². The van der Waals surface area contributed by atoms with E-state index in [0.29, 0.717) is 24.8 Å². The molecule has 2 rings (SSSR count). The van der Waals surface area contributed by atoms with Crippen molar-refractivity contribution in [2.75, 3.05) is 18.9 Å². The molecule has 0 spiro atoms. The van der Waals surface area contributed by atoms with Gasteiger partial charge in [-0.3, -0.25) is 0 Å². The Morgan fingerprint density at radius 2 is 1.43 bits per heavy atom. The summed E-state index contributed by atoms with van der Waals surface area (Å²) in [6.07, 6.45) is 0.820. The zero-order chi connectivity index (χ0) is 15.1.